The Morgan fingerprint density at radius 1 is 1.15 bits per heavy atom. The lowest BCUT2D eigenvalue weighted by molar-refractivity contribution is -0.144. The Labute approximate surface area is 242 Å². The molecule has 3 aliphatic carbocycles. The number of carboxylic acid groups (broad SMARTS) is 1. The Morgan fingerprint density at radius 3 is 2.78 bits per heavy atom. The first-order valence-electron chi connectivity index (χ1n) is 15.1. The highest BCUT2D eigenvalue weighted by atomic mass is 16.5. The van der Waals surface area contributed by atoms with E-state index in [0.29, 0.717) is 42.5 Å². The number of aromatic nitrogens is 1. The van der Waals surface area contributed by atoms with Crippen LogP contribution in [0.1, 0.15) is 92.2 Å². The van der Waals surface area contributed by atoms with E-state index in [2.05, 4.69) is 47.6 Å². The SMILES string of the molecule is C[C@@H]1CCCc2nccc(OCCCC3Cc4ccccc4C34CCC(Nc3cccc(C#N)c3)(C(=O)O)CC4)c21. The Balaban J connectivity index is 1.17. The minimum Gasteiger partial charge on any atom is -0.493 e. The van der Waals surface area contributed by atoms with Gasteiger partial charge < -0.3 is 15.2 Å². The summed E-state index contributed by atoms with van der Waals surface area (Å²) >= 11 is 0. The van der Waals surface area contributed by atoms with Gasteiger partial charge in [-0.3, -0.25) is 4.98 Å². The number of fused-ring (bicyclic) bond motifs is 3. The molecule has 41 heavy (non-hydrogen) atoms. The van der Waals surface area contributed by atoms with Crippen LogP contribution < -0.4 is 10.1 Å². The number of nitrogens with one attached hydrogen (secondary N) is 1. The summed E-state index contributed by atoms with van der Waals surface area (Å²) in [4.78, 5) is 17.3. The van der Waals surface area contributed by atoms with Gasteiger partial charge in [-0.2, -0.15) is 5.26 Å². The average Bonchev–Trinajstić information content (AvgIpc) is 3.29. The fourth-order valence-corrected chi connectivity index (χ4v) is 7.96. The molecule has 0 radical (unpaired) electrons. The van der Waals surface area contributed by atoms with Crippen molar-refractivity contribution < 1.29 is 14.6 Å². The van der Waals surface area contributed by atoms with Crippen LogP contribution in [0.5, 0.6) is 5.75 Å². The number of carbonyl (C=O) groups is 1. The maximum absolute atomic E-state index is 12.7. The van der Waals surface area contributed by atoms with E-state index in [1.54, 1.807) is 18.2 Å². The second-order valence-corrected chi connectivity index (χ2v) is 12.4. The molecule has 6 heteroatoms. The molecule has 0 aliphatic heterocycles. The van der Waals surface area contributed by atoms with E-state index < -0.39 is 11.5 Å². The number of carboxylic acids is 1. The highest BCUT2D eigenvalue weighted by Crippen LogP contribution is 2.55. The van der Waals surface area contributed by atoms with Crippen LogP contribution in [0.25, 0.3) is 0 Å². The molecule has 6 rings (SSSR count). The molecule has 0 amide bonds. The monoisotopic (exact) mass is 549 g/mol. The van der Waals surface area contributed by atoms with Gasteiger partial charge in [0.25, 0.3) is 0 Å². The summed E-state index contributed by atoms with van der Waals surface area (Å²) in [5, 5.41) is 23.1. The number of hydrogen-bond acceptors (Lipinski definition) is 5. The molecule has 2 atom stereocenters. The number of aryl methyl sites for hydroxylation is 1. The molecule has 1 heterocycles. The Bertz CT molecular complexity index is 1470. The molecule has 3 aromatic rings. The molecule has 0 bridgehead atoms. The largest absolute Gasteiger partial charge is 0.493 e. The molecule has 1 spiro atoms. The Kier molecular flexibility index (Phi) is 7.46. The molecule has 3 aliphatic rings. The highest BCUT2D eigenvalue weighted by Gasteiger charge is 2.53. The lowest BCUT2D eigenvalue weighted by atomic mass is 9.60. The number of aliphatic carboxylic acids is 1. The van der Waals surface area contributed by atoms with E-state index in [9.17, 15) is 15.2 Å². The first-order valence-corrected chi connectivity index (χ1v) is 15.1. The van der Waals surface area contributed by atoms with E-state index in [0.717, 1.165) is 44.3 Å². The molecular weight excluding hydrogens is 510 g/mol. The topological polar surface area (TPSA) is 95.2 Å². The van der Waals surface area contributed by atoms with Gasteiger partial charge in [0.05, 0.1) is 18.2 Å². The molecule has 1 unspecified atom stereocenters. The zero-order valence-corrected chi connectivity index (χ0v) is 23.9. The fourth-order valence-electron chi connectivity index (χ4n) is 7.96. The summed E-state index contributed by atoms with van der Waals surface area (Å²) < 4.78 is 6.39. The summed E-state index contributed by atoms with van der Waals surface area (Å²) in [6.07, 6.45) is 11.1. The van der Waals surface area contributed by atoms with Crippen molar-refractivity contribution in [1.29, 1.82) is 5.26 Å². The standard InChI is InChI=1S/C35H39N3O3/c1-24-7-4-13-30-32(24)31(14-19-37-30)41-20-6-10-27-22-26-9-2-3-12-29(26)34(27)15-17-35(18-16-34,33(39)40)38-28-11-5-8-25(21-28)23-36/h2-3,5,8-9,11-12,14,19,21,24,27,38H,4,6-7,10,13,15-18,20,22H2,1H3,(H,39,40)/t24-,27?,34?,35?/m1/s1. The minimum atomic E-state index is -1.04. The summed E-state index contributed by atoms with van der Waals surface area (Å²) in [7, 11) is 0. The van der Waals surface area contributed by atoms with Crippen LogP contribution in [0.2, 0.25) is 0 Å². The number of benzene rings is 2. The van der Waals surface area contributed by atoms with Gasteiger partial charge in [-0.25, -0.2) is 4.79 Å². The Morgan fingerprint density at radius 2 is 1.98 bits per heavy atom. The highest BCUT2D eigenvalue weighted by molar-refractivity contribution is 5.83. The van der Waals surface area contributed by atoms with Crippen LogP contribution in [0.15, 0.2) is 60.8 Å². The molecule has 1 fully saturated rings. The van der Waals surface area contributed by atoms with Gasteiger partial charge in [-0.1, -0.05) is 37.3 Å². The third kappa shape index (κ3) is 5.07. The lowest BCUT2D eigenvalue weighted by Gasteiger charge is -2.47. The molecule has 2 N–H and O–H groups in total. The van der Waals surface area contributed by atoms with Gasteiger partial charge in [0.2, 0.25) is 0 Å². The van der Waals surface area contributed by atoms with Crippen molar-refractivity contribution in [3.8, 4) is 11.8 Å². The van der Waals surface area contributed by atoms with Crippen molar-refractivity contribution in [2.75, 3.05) is 11.9 Å². The summed E-state index contributed by atoms with van der Waals surface area (Å²) in [6.45, 7) is 2.96. The summed E-state index contributed by atoms with van der Waals surface area (Å²) in [5.41, 5.74) is 5.48. The first-order chi connectivity index (χ1) is 19.9. The van der Waals surface area contributed by atoms with Gasteiger partial charge in [0.15, 0.2) is 0 Å². The maximum Gasteiger partial charge on any atom is 0.329 e. The first kappa shape index (κ1) is 27.3. The molecule has 1 aromatic heterocycles. The average molecular weight is 550 g/mol. The summed E-state index contributed by atoms with van der Waals surface area (Å²) in [5.74, 6) is 1.13. The summed E-state index contributed by atoms with van der Waals surface area (Å²) in [6, 6.07) is 20.1. The van der Waals surface area contributed by atoms with Crippen LogP contribution in [0, 0.1) is 17.2 Å². The minimum absolute atomic E-state index is 0.0178. The van der Waals surface area contributed by atoms with Gasteiger partial charge in [-0.15, -0.1) is 0 Å². The van der Waals surface area contributed by atoms with Crippen LogP contribution >= 0.6 is 0 Å². The van der Waals surface area contributed by atoms with Crippen molar-refractivity contribution in [3.63, 3.8) is 0 Å². The maximum atomic E-state index is 12.7. The van der Waals surface area contributed by atoms with Crippen LogP contribution in [0.4, 0.5) is 5.69 Å². The van der Waals surface area contributed by atoms with Gasteiger partial charge in [0, 0.05) is 23.1 Å². The van der Waals surface area contributed by atoms with Crippen molar-refractivity contribution in [1.82, 2.24) is 4.98 Å². The van der Waals surface area contributed by atoms with Crippen LogP contribution in [-0.2, 0) is 23.1 Å². The van der Waals surface area contributed by atoms with Crippen LogP contribution in [0.3, 0.4) is 0 Å². The number of ether oxygens (including phenoxy) is 1. The van der Waals surface area contributed by atoms with E-state index in [4.69, 9.17) is 4.74 Å². The second-order valence-electron chi connectivity index (χ2n) is 12.4. The number of anilines is 1. The van der Waals surface area contributed by atoms with Gasteiger partial charge in [0.1, 0.15) is 11.3 Å². The van der Waals surface area contributed by atoms with Gasteiger partial charge >= 0.3 is 5.97 Å². The van der Waals surface area contributed by atoms with E-state index in [1.807, 2.05) is 18.3 Å². The van der Waals surface area contributed by atoms with Crippen LogP contribution in [-0.4, -0.2) is 28.2 Å². The zero-order valence-electron chi connectivity index (χ0n) is 23.9. The molecular formula is C35H39N3O3. The predicted octanol–water partition coefficient (Wildman–Crippen LogP) is 7.17. The molecule has 0 saturated heterocycles. The van der Waals surface area contributed by atoms with E-state index in [-0.39, 0.29) is 5.41 Å². The Hall–Kier alpha value is -3.85. The lowest BCUT2D eigenvalue weighted by Crippen LogP contribution is -2.53. The molecule has 1 saturated carbocycles. The third-order valence-corrected chi connectivity index (χ3v) is 10.1. The van der Waals surface area contributed by atoms with Crippen molar-refractivity contribution in [3.05, 3.63) is 88.7 Å². The van der Waals surface area contributed by atoms with Crippen molar-refractivity contribution in [2.24, 2.45) is 5.92 Å². The quantitative estimate of drug-likeness (QED) is 0.289. The fraction of sp³-hybridized carbons (Fsp3) is 0.457. The third-order valence-electron chi connectivity index (χ3n) is 10.1. The number of nitrogens with zero attached hydrogens (tertiary/aromatic N) is 2. The number of nitriles is 1. The predicted molar refractivity (Wildman–Crippen MR) is 159 cm³/mol. The van der Waals surface area contributed by atoms with E-state index >= 15 is 0 Å². The number of pyridine rings is 1. The second kappa shape index (κ2) is 11.2. The number of hydrogen-bond donors (Lipinski definition) is 2. The smallest absolute Gasteiger partial charge is 0.329 e. The van der Waals surface area contributed by atoms with E-state index in [1.165, 1.54) is 35.2 Å². The molecule has 2 aromatic carbocycles. The van der Waals surface area contributed by atoms with Gasteiger partial charge in [-0.05, 0) is 117 Å². The molecule has 212 valence electrons. The number of rotatable bonds is 8. The van der Waals surface area contributed by atoms with Crippen molar-refractivity contribution >= 4 is 11.7 Å². The zero-order chi connectivity index (χ0) is 28.5. The normalized spacial score (nSPS) is 26.5. The van der Waals surface area contributed by atoms with Crippen molar-refractivity contribution in [2.45, 2.75) is 88.0 Å². The molecule has 6 nitrogen and oxygen atoms in total.